The van der Waals surface area contributed by atoms with E-state index in [1.807, 2.05) is 42.5 Å². The smallest absolute Gasteiger partial charge is 0.227 e. The molecule has 0 atom stereocenters. The van der Waals surface area contributed by atoms with Gasteiger partial charge in [-0.2, -0.15) is 0 Å². The Morgan fingerprint density at radius 2 is 1.04 bits per heavy atom. The van der Waals surface area contributed by atoms with Gasteiger partial charge in [-0.15, -0.1) is 0 Å². The van der Waals surface area contributed by atoms with Gasteiger partial charge in [0.1, 0.15) is 11.1 Å². The standard InChI is InChI=1S/C51H32N2O2/c1-3-13-33(14-4-1)40-19-7-8-20-41(40)37-17-11-18-38(31-37)53(46-23-12-22-43-42-21-9-10-24-47(42)54-49(43)46)39-29-27-34-25-26-35-28-30-45-50(48(35)44(34)32-39)55-51(52-45)36-15-5-2-6-16-36/h1-32H. The summed E-state index contributed by atoms with van der Waals surface area (Å²) in [4.78, 5) is 7.25. The van der Waals surface area contributed by atoms with Crippen LogP contribution in [0.1, 0.15) is 0 Å². The van der Waals surface area contributed by atoms with E-state index in [0.29, 0.717) is 5.89 Å². The Kier molecular flexibility index (Phi) is 7.14. The number of para-hydroxylation sites is 2. The second-order valence-corrected chi connectivity index (χ2v) is 13.9. The van der Waals surface area contributed by atoms with Crippen molar-refractivity contribution in [3.63, 3.8) is 0 Å². The molecule has 0 bridgehead atoms. The summed E-state index contributed by atoms with van der Waals surface area (Å²) >= 11 is 0. The van der Waals surface area contributed by atoms with Crippen LogP contribution >= 0.6 is 0 Å². The van der Waals surface area contributed by atoms with Crippen molar-refractivity contribution in [2.45, 2.75) is 0 Å². The van der Waals surface area contributed by atoms with Gasteiger partial charge in [0.2, 0.25) is 5.89 Å². The van der Waals surface area contributed by atoms with Crippen molar-refractivity contribution in [3.8, 4) is 33.7 Å². The Bertz CT molecular complexity index is 3220. The van der Waals surface area contributed by atoms with Gasteiger partial charge >= 0.3 is 0 Å². The molecule has 4 nitrogen and oxygen atoms in total. The lowest BCUT2D eigenvalue weighted by Crippen LogP contribution is -2.10. The molecule has 0 aliphatic carbocycles. The van der Waals surface area contributed by atoms with E-state index in [-0.39, 0.29) is 0 Å². The van der Waals surface area contributed by atoms with E-state index >= 15 is 0 Å². The van der Waals surface area contributed by atoms with Gasteiger partial charge in [-0.05, 0) is 93.0 Å². The summed E-state index contributed by atoms with van der Waals surface area (Å²) in [7, 11) is 0. The van der Waals surface area contributed by atoms with Crippen LogP contribution in [0.25, 0.3) is 88.3 Å². The highest BCUT2D eigenvalue weighted by Crippen LogP contribution is 2.45. The number of nitrogens with zero attached hydrogens (tertiary/aromatic N) is 2. The fraction of sp³-hybridized carbons (Fsp3) is 0. The molecule has 2 aromatic heterocycles. The third-order valence-corrected chi connectivity index (χ3v) is 10.7. The molecule has 258 valence electrons. The molecule has 0 unspecified atom stereocenters. The van der Waals surface area contributed by atoms with E-state index < -0.39 is 0 Å². The van der Waals surface area contributed by atoms with Gasteiger partial charge in [-0.1, -0.05) is 140 Å². The van der Waals surface area contributed by atoms with Crippen LogP contribution in [0.5, 0.6) is 0 Å². The predicted octanol–water partition coefficient (Wildman–Crippen LogP) is 14.5. The van der Waals surface area contributed by atoms with Gasteiger partial charge in [0.25, 0.3) is 0 Å². The van der Waals surface area contributed by atoms with Crippen LogP contribution in [0.4, 0.5) is 17.1 Å². The molecule has 0 N–H and O–H groups in total. The first-order chi connectivity index (χ1) is 27.3. The first-order valence-corrected chi connectivity index (χ1v) is 18.5. The molecule has 0 aliphatic rings. The zero-order chi connectivity index (χ0) is 36.3. The summed E-state index contributed by atoms with van der Waals surface area (Å²) < 4.78 is 13.3. The molecule has 9 aromatic carbocycles. The Morgan fingerprint density at radius 1 is 0.400 bits per heavy atom. The maximum Gasteiger partial charge on any atom is 0.227 e. The number of anilines is 3. The third-order valence-electron chi connectivity index (χ3n) is 10.7. The number of hydrogen-bond donors (Lipinski definition) is 0. The van der Waals surface area contributed by atoms with Crippen LogP contribution in [0.2, 0.25) is 0 Å². The first-order valence-electron chi connectivity index (χ1n) is 18.5. The number of rotatable bonds is 6. The van der Waals surface area contributed by atoms with Gasteiger partial charge in [-0.25, -0.2) is 4.98 Å². The Morgan fingerprint density at radius 3 is 1.89 bits per heavy atom. The van der Waals surface area contributed by atoms with E-state index in [2.05, 4.69) is 157 Å². The second-order valence-electron chi connectivity index (χ2n) is 13.9. The van der Waals surface area contributed by atoms with Crippen molar-refractivity contribution in [1.82, 2.24) is 4.98 Å². The fourth-order valence-corrected chi connectivity index (χ4v) is 8.11. The van der Waals surface area contributed by atoms with Crippen LogP contribution in [0.15, 0.2) is 203 Å². The zero-order valence-electron chi connectivity index (χ0n) is 29.7. The van der Waals surface area contributed by atoms with Gasteiger partial charge in [0.05, 0.1) is 5.69 Å². The van der Waals surface area contributed by atoms with Gasteiger partial charge < -0.3 is 13.7 Å². The number of aromatic nitrogens is 1. The minimum absolute atomic E-state index is 0.613. The minimum Gasteiger partial charge on any atom is -0.454 e. The zero-order valence-corrected chi connectivity index (χ0v) is 29.7. The SMILES string of the molecule is c1ccc(-c2nc3ccc4ccc5ccc(N(c6cccc(-c7ccccc7-c7ccccc7)c6)c6cccc7c6oc6ccccc67)cc5c4c3o2)cc1. The van der Waals surface area contributed by atoms with Gasteiger partial charge in [-0.3, -0.25) is 0 Å². The summed E-state index contributed by atoms with van der Waals surface area (Å²) in [5.74, 6) is 0.613. The molecular formula is C51H32N2O2. The van der Waals surface area contributed by atoms with E-state index in [1.54, 1.807) is 0 Å². The molecule has 0 spiro atoms. The molecule has 0 aliphatic heterocycles. The molecule has 0 saturated carbocycles. The van der Waals surface area contributed by atoms with E-state index in [4.69, 9.17) is 13.8 Å². The topological polar surface area (TPSA) is 42.4 Å². The van der Waals surface area contributed by atoms with Crippen molar-refractivity contribution in [2.24, 2.45) is 0 Å². The molecule has 0 amide bonds. The lowest BCUT2D eigenvalue weighted by Gasteiger charge is -2.26. The van der Waals surface area contributed by atoms with Gasteiger partial charge in [0.15, 0.2) is 11.2 Å². The number of fused-ring (bicyclic) bond motifs is 8. The molecule has 0 saturated heterocycles. The van der Waals surface area contributed by atoms with Crippen molar-refractivity contribution < 1.29 is 8.83 Å². The molecule has 11 aromatic rings. The molecule has 2 heterocycles. The quantitative estimate of drug-likeness (QED) is 0.162. The van der Waals surface area contributed by atoms with Crippen LogP contribution < -0.4 is 4.90 Å². The van der Waals surface area contributed by atoms with Crippen molar-refractivity contribution in [3.05, 3.63) is 194 Å². The summed E-state index contributed by atoms with van der Waals surface area (Å²) in [5.41, 5.74) is 11.9. The average molecular weight is 705 g/mol. The van der Waals surface area contributed by atoms with E-state index in [1.165, 1.54) is 16.7 Å². The summed E-state index contributed by atoms with van der Waals surface area (Å²) in [6, 6.07) is 68.1. The molecule has 0 fully saturated rings. The van der Waals surface area contributed by atoms with Crippen molar-refractivity contribution >= 4 is 71.6 Å². The van der Waals surface area contributed by atoms with Crippen LogP contribution in [0.3, 0.4) is 0 Å². The number of furan rings is 1. The largest absolute Gasteiger partial charge is 0.454 e. The monoisotopic (exact) mass is 704 g/mol. The predicted molar refractivity (Wildman–Crippen MR) is 227 cm³/mol. The lowest BCUT2D eigenvalue weighted by atomic mass is 9.94. The minimum atomic E-state index is 0.613. The number of benzene rings is 9. The van der Waals surface area contributed by atoms with Crippen LogP contribution in [0, 0.1) is 0 Å². The number of hydrogen-bond acceptors (Lipinski definition) is 4. The highest BCUT2D eigenvalue weighted by Gasteiger charge is 2.22. The Hall–Kier alpha value is -7.43. The normalized spacial score (nSPS) is 11.6. The first kappa shape index (κ1) is 31.1. The average Bonchev–Trinajstić information content (AvgIpc) is 3.87. The molecule has 11 rings (SSSR count). The Labute approximate surface area is 317 Å². The maximum atomic E-state index is 6.69. The Balaban J connectivity index is 1.16. The molecule has 0 radical (unpaired) electrons. The molecular weight excluding hydrogens is 673 g/mol. The highest BCUT2D eigenvalue weighted by molar-refractivity contribution is 6.19. The molecule has 55 heavy (non-hydrogen) atoms. The van der Waals surface area contributed by atoms with Crippen LogP contribution in [-0.2, 0) is 0 Å². The van der Waals surface area contributed by atoms with Crippen molar-refractivity contribution in [1.29, 1.82) is 0 Å². The fourth-order valence-electron chi connectivity index (χ4n) is 8.11. The molecule has 4 heteroatoms. The second kappa shape index (κ2) is 12.6. The van der Waals surface area contributed by atoms with Crippen molar-refractivity contribution in [2.75, 3.05) is 4.90 Å². The highest BCUT2D eigenvalue weighted by atomic mass is 16.3. The summed E-state index contributed by atoms with van der Waals surface area (Å²) in [6.07, 6.45) is 0. The third kappa shape index (κ3) is 5.19. The summed E-state index contributed by atoms with van der Waals surface area (Å²) in [6.45, 7) is 0. The number of oxazole rings is 1. The summed E-state index contributed by atoms with van der Waals surface area (Å²) in [5, 5.41) is 6.51. The van der Waals surface area contributed by atoms with Crippen LogP contribution in [-0.4, -0.2) is 4.98 Å². The van der Waals surface area contributed by atoms with E-state index in [0.717, 1.165) is 82.8 Å². The maximum absolute atomic E-state index is 6.69. The van der Waals surface area contributed by atoms with E-state index in [9.17, 15) is 0 Å². The lowest BCUT2D eigenvalue weighted by molar-refractivity contribution is 0.623. The van der Waals surface area contributed by atoms with Gasteiger partial charge in [0, 0.05) is 33.1 Å².